The lowest BCUT2D eigenvalue weighted by atomic mass is 9.97. The summed E-state index contributed by atoms with van der Waals surface area (Å²) in [5.41, 5.74) is 6.02. The van der Waals surface area contributed by atoms with E-state index in [1.807, 2.05) is 0 Å². The van der Waals surface area contributed by atoms with Crippen LogP contribution < -0.4 is 5.73 Å². The molecule has 1 fully saturated rings. The Bertz CT molecular complexity index is 440. The average Bonchev–Trinajstić information content (AvgIpc) is 2.43. The van der Waals surface area contributed by atoms with E-state index in [0.29, 0.717) is 6.61 Å². The van der Waals surface area contributed by atoms with Crippen molar-refractivity contribution in [3.63, 3.8) is 0 Å². The van der Waals surface area contributed by atoms with Crippen molar-refractivity contribution in [3.05, 3.63) is 0 Å². The summed E-state index contributed by atoms with van der Waals surface area (Å²) >= 11 is 0. The highest BCUT2D eigenvalue weighted by Crippen LogP contribution is 2.26. The zero-order valence-electron chi connectivity index (χ0n) is 13.6. The fourth-order valence-electron chi connectivity index (χ4n) is 2.25. The van der Waals surface area contributed by atoms with Crippen LogP contribution in [0.2, 0.25) is 0 Å². The molecule has 0 bridgehead atoms. The van der Waals surface area contributed by atoms with Gasteiger partial charge in [0.15, 0.2) is 18.5 Å². The summed E-state index contributed by atoms with van der Waals surface area (Å²) in [6.45, 7) is 5.51. The molecule has 132 valence electrons. The number of hydrogen-bond acceptors (Lipinski definition) is 9. The van der Waals surface area contributed by atoms with Crippen molar-refractivity contribution in [2.24, 2.45) is 5.73 Å². The van der Waals surface area contributed by atoms with E-state index in [1.165, 1.54) is 20.8 Å². The zero-order valence-corrected chi connectivity index (χ0v) is 13.6. The van der Waals surface area contributed by atoms with Crippen molar-refractivity contribution in [1.29, 1.82) is 0 Å². The second-order valence-corrected chi connectivity index (χ2v) is 5.03. The van der Waals surface area contributed by atoms with Crippen molar-refractivity contribution >= 4 is 17.9 Å². The third kappa shape index (κ3) is 5.77. The van der Waals surface area contributed by atoms with E-state index < -0.39 is 48.6 Å². The Morgan fingerprint density at radius 2 is 1.57 bits per heavy atom. The largest absolute Gasteiger partial charge is 0.463 e. The minimum atomic E-state index is -1.01. The Morgan fingerprint density at radius 1 is 1.00 bits per heavy atom. The van der Waals surface area contributed by atoms with Crippen molar-refractivity contribution in [1.82, 2.24) is 0 Å². The lowest BCUT2D eigenvalue weighted by molar-refractivity contribution is -0.272. The predicted octanol–water partition coefficient (Wildman–Crippen LogP) is -0.498. The lowest BCUT2D eigenvalue weighted by Gasteiger charge is -2.43. The molecule has 1 aliphatic heterocycles. The van der Waals surface area contributed by atoms with Crippen LogP contribution >= 0.6 is 0 Å². The van der Waals surface area contributed by atoms with E-state index in [-0.39, 0.29) is 6.61 Å². The fourth-order valence-corrected chi connectivity index (χ4v) is 2.25. The Hall–Kier alpha value is -1.71. The number of rotatable bonds is 6. The minimum absolute atomic E-state index is 0.193. The van der Waals surface area contributed by atoms with Crippen LogP contribution in [-0.2, 0) is 38.1 Å². The summed E-state index contributed by atoms with van der Waals surface area (Å²) in [5.74, 6) is -1.72. The molecule has 0 amide bonds. The average molecular weight is 333 g/mol. The smallest absolute Gasteiger partial charge is 0.303 e. The van der Waals surface area contributed by atoms with E-state index in [1.54, 1.807) is 6.92 Å². The van der Waals surface area contributed by atoms with Gasteiger partial charge in [-0.1, -0.05) is 0 Å². The summed E-state index contributed by atoms with van der Waals surface area (Å²) < 4.78 is 26.3. The van der Waals surface area contributed by atoms with Crippen LogP contribution in [0, 0.1) is 0 Å². The number of carbonyl (C=O) groups excluding carboxylic acids is 3. The molecule has 23 heavy (non-hydrogen) atoms. The molecule has 1 aliphatic rings. The van der Waals surface area contributed by atoms with Gasteiger partial charge in [0, 0.05) is 27.4 Å². The molecule has 9 nitrogen and oxygen atoms in total. The van der Waals surface area contributed by atoms with Gasteiger partial charge in [0.1, 0.15) is 12.7 Å². The summed E-state index contributed by atoms with van der Waals surface area (Å²) in [5, 5.41) is 0. The highest BCUT2D eigenvalue weighted by molar-refractivity contribution is 5.67. The first-order chi connectivity index (χ1) is 10.8. The molecule has 0 aliphatic carbocycles. The van der Waals surface area contributed by atoms with E-state index in [9.17, 15) is 14.4 Å². The molecule has 0 aromatic carbocycles. The third-order valence-electron chi connectivity index (χ3n) is 3.08. The van der Waals surface area contributed by atoms with Gasteiger partial charge in [0.05, 0.1) is 6.04 Å². The van der Waals surface area contributed by atoms with Crippen LogP contribution in [0.5, 0.6) is 0 Å². The first-order valence-electron chi connectivity index (χ1n) is 7.26. The fraction of sp³-hybridized carbons (Fsp3) is 0.786. The maximum absolute atomic E-state index is 11.3. The quantitative estimate of drug-likeness (QED) is 0.506. The Balaban J connectivity index is 3.02. The van der Waals surface area contributed by atoms with Crippen LogP contribution in [0.1, 0.15) is 27.7 Å². The van der Waals surface area contributed by atoms with Gasteiger partial charge in [-0.15, -0.1) is 0 Å². The Kier molecular flexibility index (Phi) is 7.40. The normalized spacial score (nSPS) is 30.4. The molecule has 1 heterocycles. The Morgan fingerprint density at radius 3 is 2.04 bits per heavy atom. The monoisotopic (exact) mass is 333 g/mol. The number of nitrogens with two attached hydrogens (primary N) is 1. The first kappa shape index (κ1) is 19.3. The van der Waals surface area contributed by atoms with Gasteiger partial charge < -0.3 is 29.4 Å². The molecule has 0 spiro atoms. The second-order valence-electron chi connectivity index (χ2n) is 5.03. The van der Waals surface area contributed by atoms with Gasteiger partial charge in [-0.3, -0.25) is 14.4 Å². The van der Waals surface area contributed by atoms with Crippen LogP contribution in [0.15, 0.2) is 0 Å². The molecule has 1 saturated heterocycles. The second kappa shape index (κ2) is 8.80. The molecular weight excluding hydrogens is 310 g/mol. The molecule has 0 radical (unpaired) electrons. The van der Waals surface area contributed by atoms with E-state index in [2.05, 4.69) is 0 Å². The topological polar surface area (TPSA) is 123 Å². The van der Waals surface area contributed by atoms with E-state index in [0.717, 1.165) is 0 Å². The van der Waals surface area contributed by atoms with Gasteiger partial charge in [0.25, 0.3) is 0 Å². The molecule has 0 aromatic rings. The number of ether oxygens (including phenoxy) is 5. The SMILES string of the molecule is CCO[C@@H]1O[C@H](COC(C)=O)[C@@H](OC(C)=O)[C@H](OC(C)=O)[C@H]1N. The molecule has 1 rings (SSSR count). The maximum atomic E-state index is 11.3. The van der Waals surface area contributed by atoms with Crippen LogP contribution in [-0.4, -0.2) is 61.8 Å². The number of carbonyl (C=O) groups is 3. The molecule has 5 atom stereocenters. The molecular formula is C14H23NO8. The van der Waals surface area contributed by atoms with Gasteiger partial charge >= 0.3 is 17.9 Å². The summed E-state index contributed by atoms with van der Waals surface area (Å²) in [6, 6.07) is -0.864. The summed E-state index contributed by atoms with van der Waals surface area (Å²) in [4.78, 5) is 33.7. The third-order valence-corrected chi connectivity index (χ3v) is 3.08. The van der Waals surface area contributed by atoms with E-state index in [4.69, 9.17) is 29.4 Å². The molecule has 2 N–H and O–H groups in total. The van der Waals surface area contributed by atoms with Crippen LogP contribution in [0.3, 0.4) is 0 Å². The van der Waals surface area contributed by atoms with Crippen molar-refractivity contribution < 1.29 is 38.1 Å². The predicted molar refractivity (Wildman–Crippen MR) is 76.0 cm³/mol. The van der Waals surface area contributed by atoms with Crippen LogP contribution in [0.25, 0.3) is 0 Å². The van der Waals surface area contributed by atoms with Gasteiger partial charge in [-0.2, -0.15) is 0 Å². The van der Waals surface area contributed by atoms with Crippen molar-refractivity contribution in [2.75, 3.05) is 13.2 Å². The molecule has 9 heteroatoms. The molecule has 0 aromatic heterocycles. The zero-order chi connectivity index (χ0) is 17.6. The number of esters is 3. The van der Waals surface area contributed by atoms with Crippen molar-refractivity contribution in [3.8, 4) is 0 Å². The minimum Gasteiger partial charge on any atom is -0.463 e. The van der Waals surface area contributed by atoms with E-state index >= 15 is 0 Å². The molecule has 0 unspecified atom stereocenters. The highest BCUT2D eigenvalue weighted by atomic mass is 16.7. The number of hydrogen-bond donors (Lipinski definition) is 1. The Labute approximate surface area is 134 Å². The van der Waals surface area contributed by atoms with Gasteiger partial charge in [-0.05, 0) is 6.92 Å². The summed E-state index contributed by atoms with van der Waals surface area (Å²) in [6.07, 6.45) is -3.76. The standard InChI is InChI=1S/C14H23NO8/c1-5-19-14-11(15)13(22-9(4)18)12(21-8(3)17)10(23-14)6-20-7(2)16/h10-14H,5-6,15H2,1-4H3/t10-,11-,12-,13-,14-/m1/s1. The van der Waals surface area contributed by atoms with Gasteiger partial charge in [0.2, 0.25) is 0 Å². The summed E-state index contributed by atoms with van der Waals surface area (Å²) in [7, 11) is 0. The van der Waals surface area contributed by atoms with Crippen LogP contribution in [0.4, 0.5) is 0 Å². The molecule has 0 saturated carbocycles. The first-order valence-corrected chi connectivity index (χ1v) is 7.26. The van der Waals surface area contributed by atoms with Crippen molar-refractivity contribution in [2.45, 2.75) is 58.3 Å². The lowest BCUT2D eigenvalue weighted by Crippen LogP contribution is -2.64. The van der Waals surface area contributed by atoms with Gasteiger partial charge in [-0.25, -0.2) is 0 Å². The highest BCUT2D eigenvalue weighted by Gasteiger charge is 2.49. The maximum Gasteiger partial charge on any atom is 0.303 e.